The van der Waals surface area contributed by atoms with Gasteiger partial charge in [-0.05, 0) is 55.3 Å². The number of carbonyl (C=O) groups is 2. The first kappa shape index (κ1) is 32.6. The first-order valence-corrected chi connectivity index (χ1v) is 14.2. The zero-order valence-electron chi connectivity index (χ0n) is 25.2. The molecule has 0 spiro atoms. The zero-order valence-corrected chi connectivity index (χ0v) is 25.2. The fourth-order valence-corrected chi connectivity index (χ4v) is 5.02. The molecule has 0 amide bonds. The third kappa shape index (κ3) is 6.34. The molecule has 4 aromatic heterocycles. The summed E-state index contributed by atoms with van der Waals surface area (Å²) in [5.41, 5.74) is -1.82. The number of rotatable bonds is 11. The number of ether oxygens (including phenoxy) is 3. The molecule has 244 valence electrons. The van der Waals surface area contributed by atoms with Crippen LogP contribution in [0.25, 0.3) is 16.8 Å². The summed E-state index contributed by atoms with van der Waals surface area (Å²) >= 11 is 0. The molecule has 5 rings (SSSR count). The third-order valence-electron chi connectivity index (χ3n) is 7.39. The van der Waals surface area contributed by atoms with Crippen LogP contribution in [0.15, 0.2) is 73.2 Å². The fraction of sp³-hybridized carbons (Fsp3) is 0.258. The number of nitro groups is 1. The predicted octanol–water partition coefficient (Wildman–Crippen LogP) is 5.76. The molecular weight excluding hydrogens is 625 g/mol. The number of halogens is 3. The number of non-ortho nitro benzene ring substituents is 1. The van der Waals surface area contributed by atoms with Gasteiger partial charge in [0.15, 0.2) is 0 Å². The summed E-state index contributed by atoms with van der Waals surface area (Å²) in [5.74, 6) is -1.50. The summed E-state index contributed by atoms with van der Waals surface area (Å²) in [5, 5.41) is 18.5. The minimum atomic E-state index is -5.08. The molecule has 0 radical (unpaired) electrons. The molecule has 0 fully saturated rings. The number of fused-ring (bicyclic) bond motifs is 1. The number of esters is 2. The van der Waals surface area contributed by atoms with Gasteiger partial charge in [-0.1, -0.05) is 12.1 Å². The van der Waals surface area contributed by atoms with Gasteiger partial charge in [0.2, 0.25) is 5.88 Å². The van der Waals surface area contributed by atoms with Crippen molar-refractivity contribution in [1.82, 2.24) is 24.4 Å². The number of alkyl halides is 3. The van der Waals surface area contributed by atoms with Gasteiger partial charge in [0.05, 0.1) is 48.2 Å². The Balaban J connectivity index is 1.46. The highest BCUT2D eigenvalue weighted by Crippen LogP contribution is 2.44. The van der Waals surface area contributed by atoms with Crippen molar-refractivity contribution < 1.29 is 41.9 Å². The predicted molar refractivity (Wildman–Crippen MR) is 159 cm³/mol. The molecular formula is C31H27F3N6O7. The topological polar surface area (TPSA) is 153 Å². The van der Waals surface area contributed by atoms with E-state index < -0.39 is 40.8 Å². The van der Waals surface area contributed by atoms with E-state index in [4.69, 9.17) is 14.2 Å². The summed E-state index contributed by atoms with van der Waals surface area (Å²) in [4.78, 5) is 40.1. The van der Waals surface area contributed by atoms with Crippen LogP contribution in [-0.4, -0.2) is 61.1 Å². The molecule has 0 aliphatic rings. The zero-order chi connectivity index (χ0) is 33.9. The molecule has 5 aromatic rings. The second kappa shape index (κ2) is 12.9. The van der Waals surface area contributed by atoms with E-state index >= 15 is 0 Å². The normalized spacial score (nSPS) is 12.8. The number of aromatic nitrogens is 5. The number of nitrogens with zero attached hydrogens (tertiary/aromatic N) is 6. The lowest BCUT2D eigenvalue weighted by Gasteiger charge is -2.32. The van der Waals surface area contributed by atoms with Crippen molar-refractivity contribution in [2.75, 3.05) is 13.7 Å². The molecule has 1 atom stereocenters. The summed E-state index contributed by atoms with van der Waals surface area (Å²) < 4.78 is 62.1. The standard InChI is InChI=1S/C31H27F3N6O7/c1-4-30(31(32,33)34,47-28(41)20-6-9-22(10-7-20)40(43)44)25-18-38(37-36-25)17-19-12-13-39-23(14-19)15-24(29(42)46-5-2)27(39)21-8-11-26(45-3)35-16-21/h6-16,18H,4-5,17H2,1-3H3. The number of benzene rings is 1. The summed E-state index contributed by atoms with van der Waals surface area (Å²) in [6.45, 7) is 3.02. The van der Waals surface area contributed by atoms with E-state index in [1.54, 1.807) is 54.0 Å². The highest BCUT2D eigenvalue weighted by atomic mass is 19.4. The Bertz CT molecular complexity index is 1940. The molecule has 47 heavy (non-hydrogen) atoms. The van der Waals surface area contributed by atoms with Crippen LogP contribution >= 0.6 is 0 Å². The van der Waals surface area contributed by atoms with Crippen LogP contribution in [0.1, 0.15) is 52.2 Å². The van der Waals surface area contributed by atoms with Gasteiger partial charge in [-0.15, -0.1) is 5.10 Å². The van der Waals surface area contributed by atoms with E-state index in [1.807, 2.05) is 0 Å². The van der Waals surface area contributed by atoms with E-state index in [9.17, 15) is 32.9 Å². The third-order valence-corrected chi connectivity index (χ3v) is 7.39. The monoisotopic (exact) mass is 652 g/mol. The molecule has 4 heterocycles. The largest absolute Gasteiger partial charge is 0.481 e. The van der Waals surface area contributed by atoms with Crippen LogP contribution in [0.5, 0.6) is 5.88 Å². The Morgan fingerprint density at radius 2 is 1.77 bits per heavy atom. The van der Waals surface area contributed by atoms with Gasteiger partial charge in [-0.25, -0.2) is 19.3 Å². The quantitative estimate of drug-likeness (QED) is 0.0978. The minimum Gasteiger partial charge on any atom is -0.481 e. The maximum atomic E-state index is 14.6. The Labute approximate surface area is 264 Å². The molecule has 1 unspecified atom stereocenters. The van der Waals surface area contributed by atoms with Crippen molar-refractivity contribution in [3.63, 3.8) is 0 Å². The second-order valence-electron chi connectivity index (χ2n) is 10.2. The molecule has 0 aliphatic heterocycles. The molecule has 0 saturated heterocycles. The Hall–Kier alpha value is -5.80. The van der Waals surface area contributed by atoms with Crippen LogP contribution < -0.4 is 4.74 Å². The minimum absolute atomic E-state index is 0.0171. The molecule has 16 heteroatoms. The first-order chi connectivity index (χ1) is 22.4. The van der Waals surface area contributed by atoms with Gasteiger partial charge in [0.1, 0.15) is 5.69 Å². The maximum absolute atomic E-state index is 14.6. The summed E-state index contributed by atoms with van der Waals surface area (Å²) in [7, 11) is 1.48. The highest BCUT2D eigenvalue weighted by molar-refractivity contribution is 5.99. The second-order valence-corrected chi connectivity index (χ2v) is 10.2. The van der Waals surface area contributed by atoms with Crippen LogP contribution in [-0.2, 0) is 21.6 Å². The van der Waals surface area contributed by atoms with Gasteiger partial charge in [-0.2, -0.15) is 13.2 Å². The van der Waals surface area contributed by atoms with Crippen molar-refractivity contribution in [3.05, 3.63) is 106 Å². The summed E-state index contributed by atoms with van der Waals surface area (Å²) in [6.07, 6.45) is -1.50. The Morgan fingerprint density at radius 3 is 2.36 bits per heavy atom. The SMILES string of the molecule is CCOC(=O)c1cc2cc(Cn3cc(C(CC)(OC(=O)c4ccc([N+](=O)[O-])cc4)C(F)(F)F)nn3)ccn2c1-c1ccc(OC)nc1. The van der Waals surface area contributed by atoms with Gasteiger partial charge in [0.25, 0.3) is 11.3 Å². The highest BCUT2D eigenvalue weighted by Gasteiger charge is 2.60. The van der Waals surface area contributed by atoms with Gasteiger partial charge in [-0.3, -0.25) is 10.1 Å². The van der Waals surface area contributed by atoms with E-state index in [2.05, 4.69) is 15.3 Å². The van der Waals surface area contributed by atoms with Crippen LogP contribution in [0, 0.1) is 10.1 Å². The lowest BCUT2D eigenvalue weighted by Crippen LogP contribution is -2.46. The number of hydrogen-bond donors (Lipinski definition) is 0. The number of hydrogen-bond acceptors (Lipinski definition) is 10. The van der Waals surface area contributed by atoms with Crippen LogP contribution in [0.3, 0.4) is 0 Å². The van der Waals surface area contributed by atoms with Gasteiger partial charge in [0, 0.05) is 41.7 Å². The number of nitro benzene ring substituents is 1. The molecule has 0 aliphatic carbocycles. The van der Waals surface area contributed by atoms with Crippen molar-refractivity contribution in [1.29, 1.82) is 0 Å². The van der Waals surface area contributed by atoms with E-state index in [-0.39, 0.29) is 30.0 Å². The first-order valence-electron chi connectivity index (χ1n) is 14.2. The number of methoxy groups -OCH3 is 1. The lowest BCUT2D eigenvalue weighted by atomic mass is 9.95. The van der Waals surface area contributed by atoms with Gasteiger partial charge >= 0.3 is 18.1 Å². The van der Waals surface area contributed by atoms with E-state index in [0.717, 1.165) is 30.5 Å². The van der Waals surface area contributed by atoms with Crippen LogP contribution in [0.2, 0.25) is 0 Å². The molecule has 0 bridgehead atoms. The van der Waals surface area contributed by atoms with Crippen molar-refractivity contribution >= 4 is 23.1 Å². The summed E-state index contributed by atoms with van der Waals surface area (Å²) in [6, 6.07) is 12.5. The molecule has 13 nitrogen and oxygen atoms in total. The lowest BCUT2D eigenvalue weighted by molar-refractivity contribution is -0.384. The van der Waals surface area contributed by atoms with Crippen molar-refractivity contribution in [2.45, 2.75) is 38.6 Å². The molecule has 1 aromatic carbocycles. The van der Waals surface area contributed by atoms with Crippen molar-refractivity contribution in [2.24, 2.45) is 0 Å². The van der Waals surface area contributed by atoms with Crippen LogP contribution in [0.4, 0.5) is 18.9 Å². The Morgan fingerprint density at radius 1 is 1.02 bits per heavy atom. The molecule has 0 N–H and O–H groups in total. The number of carbonyl (C=O) groups excluding carboxylic acids is 2. The molecule has 0 saturated carbocycles. The van der Waals surface area contributed by atoms with E-state index in [1.165, 1.54) is 18.7 Å². The van der Waals surface area contributed by atoms with Crippen molar-refractivity contribution in [3.8, 4) is 17.1 Å². The smallest absolute Gasteiger partial charge is 0.434 e. The van der Waals surface area contributed by atoms with E-state index in [0.29, 0.717) is 28.2 Å². The average Bonchev–Trinajstić information content (AvgIpc) is 3.68. The average molecular weight is 653 g/mol. The fourth-order valence-electron chi connectivity index (χ4n) is 5.02. The van der Waals surface area contributed by atoms with Gasteiger partial charge < -0.3 is 18.6 Å². The maximum Gasteiger partial charge on any atom is 0.434 e. The number of pyridine rings is 2. The Kier molecular flexibility index (Phi) is 8.94.